The van der Waals surface area contributed by atoms with Crippen molar-refractivity contribution in [2.24, 2.45) is 5.92 Å². The number of aliphatic carboxylic acids is 1. The average Bonchev–Trinajstić information content (AvgIpc) is 2.56. The Bertz CT molecular complexity index is 730. The summed E-state index contributed by atoms with van der Waals surface area (Å²) in [6.07, 6.45) is 1.59. The molecule has 0 aliphatic carbocycles. The van der Waals surface area contributed by atoms with Crippen molar-refractivity contribution >= 4 is 23.3 Å². The molecule has 0 unspecified atom stereocenters. The number of anilines is 3. The van der Waals surface area contributed by atoms with E-state index in [1.54, 1.807) is 0 Å². The normalized spacial score (nSPS) is 17.6. The lowest BCUT2D eigenvalue weighted by Crippen LogP contribution is -2.39. The van der Waals surface area contributed by atoms with Crippen LogP contribution >= 0.6 is 0 Å². The highest BCUT2D eigenvalue weighted by atomic mass is 16.4. The van der Waals surface area contributed by atoms with Crippen molar-refractivity contribution in [2.75, 3.05) is 23.3 Å². The molecular formula is C18H22N4O2. The number of aromatic nitrogens is 2. The van der Waals surface area contributed by atoms with Crippen molar-refractivity contribution in [3.05, 3.63) is 41.7 Å². The summed E-state index contributed by atoms with van der Waals surface area (Å²) >= 11 is 0. The van der Waals surface area contributed by atoms with Gasteiger partial charge in [-0.15, -0.1) is 0 Å². The Kier molecular flexibility index (Phi) is 4.64. The summed E-state index contributed by atoms with van der Waals surface area (Å²) in [5, 5.41) is 12.5. The molecule has 1 atom stereocenters. The third kappa shape index (κ3) is 3.82. The number of hydrogen-bond acceptors (Lipinski definition) is 5. The first-order chi connectivity index (χ1) is 11.5. The molecule has 0 bridgehead atoms. The fourth-order valence-corrected chi connectivity index (χ4v) is 2.95. The highest BCUT2D eigenvalue weighted by Gasteiger charge is 2.26. The van der Waals surface area contributed by atoms with Crippen molar-refractivity contribution in [1.29, 1.82) is 0 Å². The van der Waals surface area contributed by atoms with Gasteiger partial charge in [0.15, 0.2) is 0 Å². The second kappa shape index (κ2) is 6.86. The van der Waals surface area contributed by atoms with Crippen LogP contribution in [0.3, 0.4) is 0 Å². The lowest BCUT2D eigenvalue weighted by molar-refractivity contribution is -0.141. The number of benzene rings is 1. The standard InChI is InChI=1S/C18H22N4O2/c1-12-5-7-15(8-6-12)21-16-10-17(20-13(2)19-16)22-9-3-4-14(11-22)18(23)24/h5-8,10,14H,3-4,9,11H2,1-2H3,(H,23,24)(H,19,20,21)/t14-/m0/s1. The maximum atomic E-state index is 11.3. The molecule has 0 saturated carbocycles. The second-order valence-electron chi connectivity index (χ2n) is 6.27. The minimum Gasteiger partial charge on any atom is -0.481 e. The van der Waals surface area contributed by atoms with E-state index in [4.69, 9.17) is 0 Å². The van der Waals surface area contributed by atoms with E-state index in [1.807, 2.05) is 49.1 Å². The highest BCUT2D eigenvalue weighted by Crippen LogP contribution is 2.25. The SMILES string of the molecule is Cc1ccc(Nc2cc(N3CCC[C@H](C(=O)O)C3)nc(C)n2)cc1. The summed E-state index contributed by atoms with van der Waals surface area (Å²) in [7, 11) is 0. The molecule has 6 nitrogen and oxygen atoms in total. The van der Waals surface area contributed by atoms with E-state index in [-0.39, 0.29) is 5.92 Å². The zero-order valence-corrected chi connectivity index (χ0v) is 14.0. The summed E-state index contributed by atoms with van der Waals surface area (Å²) in [5.74, 6) is 1.10. The predicted molar refractivity (Wildman–Crippen MR) is 93.8 cm³/mol. The number of carboxylic acid groups (broad SMARTS) is 1. The molecule has 1 aromatic heterocycles. The van der Waals surface area contributed by atoms with Crippen LogP contribution in [0, 0.1) is 19.8 Å². The van der Waals surface area contributed by atoms with E-state index in [9.17, 15) is 9.90 Å². The highest BCUT2D eigenvalue weighted by molar-refractivity contribution is 5.71. The predicted octanol–water partition coefficient (Wildman–Crippen LogP) is 3.14. The Morgan fingerprint density at radius 1 is 1.25 bits per heavy atom. The summed E-state index contributed by atoms with van der Waals surface area (Å²) < 4.78 is 0. The van der Waals surface area contributed by atoms with Gasteiger partial charge in [-0.1, -0.05) is 17.7 Å². The molecule has 0 radical (unpaired) electrons. The molecule has 1 aliphatic rings. The van der Waals surface area contributed by atoms with Crippen molar-refractivity contribution in [3.63, 3.8) is 0 Å². The fraction of sp³-hybridized carbons (Fsp3) is 0.389. The lowest BCUT2D eigenvalue weighted by atomic mass is 9.98. The van der Waals surface area contributed by atoms with Gasteiger partial charge >= 0.3 is 5.97 Å². The van der Waals surface area contributed by atoms with Gasteiger partial charge in [-0.3, -0.25) is 4.79 Å². The van der Waals surface area contributed by atoms with E-state index in [2.05, 4.69) is 15.3 Å². The monoisotopic (exact) mass is 326 g/mol. The van der Waals surface area contributed by atoms with Crippen molar-refractivity contribution in [3.8, 4) is 0 Å². The van der Waals surface area contributed by atoms with Crippen LogP contribution in [-0.4, -0.2) is 34.1 Å². The van der Waals surface area contributed by atoms with Crippen LogP contribution in [0.1, 0.15) is 24.2 Å². The van der Waals surface area contributed by atoms with E-state index in [1.165, 1.54) is 5.56 Å². The number of aryl methyl sites for hydroxylation is 2. The maximum Gasteiger partial charge on any atom is 0.308 e. The van der Waals surface area contributed by atoms with Crippen LogP contribution in [0.15, 0.2) is 30.3 Å². The van der Waals surface area contributed by atoms with Crippen LogP contribution in [0.25, 0.3) is 0 Å². The van der Waals surface area contributed by atoms with E-state index in [0.717, 1.165) is 36.7 Å². The van der Waals surface area contributed by atoms with Crippen LogP contribution in [0.2, 0.25) is 0 Å². The molecule has 0 spiro atoms. The molecule has 1 fully saturated rings. The number of hydrogen-bond donors (Lipinski definition) is 2. The summed E-state index contributed by atoms with van der Waals surface area (Å²) in [5.41, 5.74) is 2.17. The van der Waals surface area contributed by atoms with Gasteiger partial charge in [0.25, 0.3) is 0 Å². The summed E-state index contributed by atoms with van der Waals surface area (Å²) in [6.45, 7) is 5.22. The van der Waals surface area contributed by atoms with E-state index in [0.29, 0.717) is 12.4 Å². The lowest BCUT2D eigenvalue weighted by Gasteiger charge is -2.31. The molecule has 1 aliphatic heterocycles. The van der Waals surface area contributed by atoms with Gasteiger partial charge in [-0.2, -0.15) is 0 Å². The molecule has 1 saturated heterocycles. The number of piperidine rings is 1. The van der Waals surface area contributed by atoms with Crippen LogP contribution < -0.4 is 10.2 Å². The zero-order chi connectivity index (χ0) is 17.1. The Labute approximate surface area is 141 Å². The summed E-state index contributed by atoms with van der Waals surface area (Å²) in [4.78, 5) is 22.2. The van der Waals surface area contributed by atoms with Crippen molar-refractivity contribution in [2.45, 2.75) is 26.7 Å². The van der Waals surface area contributed by atoms with Gasteiger partial charge in [-0.05, 0) is 38.8 Å². The van der Waals surface area contributed by atoms with Crippen LogP contribution in [0.4, 0.5) is 17.3 Å². The number of carbonyl (C=O) groups is 1. The number of rotatable bonds is 4. The minimum atomic E-state index is -0.733. The van der Waals surface area contributed by atoms with Crippen LogP contribution in [-0.2, 0) is 4.79 Å². The Morgan fingerprint density at radius 3 is 2.71 bits per heavy atom. The van der Waals surface area contributed by atoms with Gasteiger partial charge in [-0.25, -0.2) is 9.97 Å². The number of nitrogens with zero attached hydrogens (tertiary/aromatic N) is 3. The molecule has 6 heteroatoms. The Hall–Kier alpha value is -2.63. The fourth-order valence-electron chi connectivity index (χ4n) is 2.95. The zero-order valence-electron chi connectivity index (χ0n) is 14.0. The smallest absolute Gasteiger partial charge is 0.308 e. The molecule has 24 heavy (non-hydrogen) atoms. The second-order valence-corrected chi connectivity index (χ2v) is 6.27. The molecule has 3 rings (SSSR count). The van der Waals surface area contributed by atoms with Gasteiger partial charge in [0.2, 0.25) is 0 Å². The van der Waals surface area contributed by atoms with Crippen LogP contribution in [0.5, 0.6) is 0 Å². The van der Waals surface area contributed by atoms with Crippen molar-refractivity contribution < 1.29 is 9.90 Å². The first-order valence-electron chi connectivity index (χ1n) is 8.18. The molecule has 2 heterocycles. The molecule has 1 aromatic carbocycles. The first-order valence-corrected chi connectivity index (χ1v) is 8.18. The average molecular weight is 326 g/mol. The minimum absolute atomic E-state index is 0.331. The maximum absolute atomic E-state index is 11.3. The Balaban J connectivity index is 1.80. The third-order valence-electron chi connectivity index (χ3n) is 4.24. The quantitative estimate of drug-likeness (QED) is 0.899. The first kappa shape index (κ1) is 16.2. The van der Waals surface area contributed by atoms with Gasteiger partial charge < -0.3 is 15.3 Å². The Morgan fingerprint density at radius 2 is 2.00 bits per heavy atom. The topological polar surface area (TPSA) is 78.4 Å². The number of carboxylic acids is 1. The molecule has 2 N–H and O–H groups in total. The summed E-state index contributed by atoms with van der Waals surface area (Å²) in [6, 6.07) is 9.98. The van der Waals surface area contributed by atoms with E-state index >= 15 is 0 Å². The molecular weight excluding hydrogens is 304 g/mol. The third-order valence-corrected chi connectivity index (χ3v) is 4.24. The largest absolute Gasteiger partial charge is 0.481 e. The van der Waals surface area contributed by atoms with Gasteiger partial charge in [0.05, 0.1) is 5.92 Å². The molecule has 0 amide bonds. The molecule has 2 aromatic rings. The van der Waals surface area contributed by atoms with Gasteiger partial charge in [0.1, 0.15) is 17.5 Å². The molecule has 126 valence electrons. The van der Waals surface area contributed by atoms with E-state index < -0.39 is 5.97 Å². The van der Waals surface area contributed by atoms with Crippen molar-refractivity contribution in [1.82, 2.24) is 9.97 Å². The number of nitrogens with one attached hydrogen (secondary N) is 1. The van der Waals surface area contributed by atoms with Gasteiger partial charge in [0, 0.05) is 24.8 Å².